The molecule has 1 atom stereocenters. The summed E-state index contributed by atoms with van der Waals surface area (Å²) in [6.07, 6.45) is -0.760. The Morgan fingerprint density at radius 3 is 2.57 bits per heavy atom. The van der Waals surface area contributed by atoms with Crippen molar-refractivity contribution in [1.29, 1.82) is 0 Å². The lowest BCUT2D eigenvalue weighted by molar-refractivity contribution is -0.122. The highest BCUT2D eigenvalue weighted by molar-refractivity contribution is 6.34. The predicted octanol–water partition coefficient (Wildman–Crippen LogP) is 3.47. The smallest absolute Gasteiger partial charge is 0.265 e. The van der Waals surface area contributed by atoms with E-state index in [1.807, 2.05) is 0 Å². The van der Waals surface area contributed by atoms with Gasteiger partial charge in [0.25, 0.3) is 5.91 Å². The normalized spacial score (nSPS) is 11.8. The van der Waals surface area contributed by atoms with Gasteiger partial charge in [-0.25, -0.2) is 4.39 Å². The van der Waals surface area contributed by atoms with E-state index in [1.165, 1.54) is 24.3 Å². The van der Waals surface area contributed by atoms with Gasteiger partial charge in [0.05, 0.1) is 10.7 Å². The molecule has 0 heterocycles. The molecule has 2 aromatic carbocycles. The minimum absolute atomic E-state index is 0.345. The second-order valence-corrected chi connectivity index (χ2v) is 4.85. The van der Waals surface area contributed by atoms with E-state index in [0.29, 0.717) is 22.1 Å². The minimum atomic E-state index is -0.760. The standard InChI is InChI=1S/C15H14ClFN2O2/c1-9(21-12-5-2-10(17)3-6-12)15(20)19-14-7-4-11(18)8-13(14)16/h2-9H,18H2,1H3,(H,19,20). The van der Waals surface area contributed by atoms with Crippen molar-refractivity contribution in [3.63, 3.8) is 0 Å². The number of benzene rings is 2. The van der Waals surface area contributed by atoms with E-state index in [-0.39, 0.29) is 11.7 Å². The molecule has 3 N–H and O–H groups in total. The molecule has 0 spiro atoms. The molecule has 2 rings (SSSR count). The number of amides is 1. The van der Waals surface area contributed by atoms with E-state index in [4.69, 9.17) is 22.1 Å². The lowest BCUT2D eigenvalue weighted by Gasteiger charge is -2.15. The molecule has 0 aliphatic carbocycles. The number of nitrogens with one attached hydrogen (secondary N) is 1. The van der Waals surface area contributed by atoms with Gasteiger partial charge in [0, 0.05) is 5.69 Å². The first kappa shape index (κ1) is 15.1. The third kappa shape index (κ3) is 4.10. The minimum Gasteiger partial charge on any atom is -0.481 e. The van der Waals surface area contributed by atoms with Crippen LogP contribution in [0, 0.1) is 5.82 Å². The number of halogens is 2. The summed E-state index contributed by atoms with van der Waals surface area (Å²) in [5.74, 6) is -0.332. The molecule has 1 amide bonds. The zero-order chi connectivity index (χ0) is 15.4. The number of rotatable bonds is 4. The Morgan fingerprint density at radius 1 is 1.29 bits per heavy atom. The number of carbonyl (C=O) groups excluding carboxylic acids is 1. The zero-order valence-electron chi connectivity index (χ0n) is 11.3. The molecule has 0 saturated carbocycles. The molecule has 0 fully saturated rings. The van der Waals surface area contributed by atoms with Crippen molar-refractivity contribution in [1.82, 2.24) is 0 Å². The maximum atomic E-state index is 12.8. The van der Waals surface area contributed by atoms with Gasteiger partial charge < -0.3 is 15.8 Å². The Morgan fingerprint density at radius 2 is 1.95 bits per heavy atom. The lowest BCUT2D eigenvalue weighted by atomic mass is 10.2. The fourth-order valence-electron chi connectivity index (χ4n) is 1.64. The molecule has 4 nitrogen and oxygen atoms in total. The molecule has 21 heavy (non-hydrogen) atoms. The summed E-state index contributed by atoms with van der Waals surface area (Å²) >= 11 is 5.98. The van der Waals surface area contributed by atoms with Crippen LogP contribution in [-0.4, -0.2) is 12.0 Å². The maximum absolute atomic E-state index is 12.8. The van der Waals surface area contributed by atoms with Crippen LogP contribution in [0.3, 0.4) is 0 Å². The van der Waals surface area contributed by atoms with E-state index < -0.39 is 6.10 Å². The van der Waals surface area contributed by atoms with Crippen molar-refractivity contribution in [2.75, 3.05) is 11.1 Å². The van der Waals surface area contributed by atoms with Gasteiger partial charge in [-0.1, -0.05) is 11.6 Å². The monoisotopic (exact) mass is 308 g/mol. The molecule has 6 heteroatoms. The molecule has 0 bridgehead atoms. The first-order valence-electron chi connectivity index (χ1n) is 6.24. The van der Waals surface area contributed by atoms with Gasteiger partial charge in [-0.2, -0.15) is 0 Å². The number of carbonyl (C=O) groups is 1. The van der Waals surface area contributed by atoms with Gasteiger partial charge in [-0.3, -0.25) is 4.79 Å². The Hall–Kier alpha value is -2.27. The molecular formula is C15H14ClFN2O2. The number of anilines is 2. The average Bonchev–Trinajstić information content (AvgIpc) is 2.44. The number of hydrogen-bond donors (Lipinski definition) is 2. The quantitative estimate of drug-likeness (QED) is 0.850. The highest BCUT2D eigenvalue weighted by Crippen LogP contribution is 2.24. The Balaban J connectivity index is 2.00. The van der Waals surface area contributed by atoms with E-state index >= 15 is 0 Å². The van der Waals surface area contributed by atoms with Crippen molar-refractivity contribution < 1.29 is 13.9 Å². The Bertz CT molecular complexity index is 647. The van der Waals surface area contributed by atoms with Gasteiger partial charge >= 0.3 is 0 Å². The van der Waals surface area contributed by atoms with E-state index in [0.717, 1.165) is 0 Å². The van der Waals surface area contributed by atoms with Crippen molar-refractivity contribution in [2.45, 2.75) is 13.0 Å². The highest BCUT2D eigenvalue weighted by atomic mass is 35.5. The average molecular weight is 309 g/mol. The first-order chi connectivity index (χ1) is 9.95. The van der Waals surface area contributed by atoms with Crippen LogP contribution in [0.1, 0.15) is 6.92 Å². The molecule has 0 radical (unpaired) electrons. The Labute approximate surface area is 126 Å². The van der Waals surface area contributed by atoms with Crippen LogP contribution in [0.2, 0.25) is 5.02 Å². The fraction of sp³-hybridized carbons (Fsp3) is 0.133. The highest BCUT2D eigenvalue weighted by Gasteiger charge is 2.16. The summed E-state index contributed by atoms with van der Waals surface area (Å²) in [6.45, 7) is 1.59. The lowest BCUT2D eigenvalue weighted by Crippen LogP contribution is -2.30. The van der Waals surface area contributed by atoms with Crippen molar-refractivity contribution in [2.24, 2.45) is 0 Å². The van der Waals surface area contributed by atoms with Gasteiger partial charge in [-0.05, 0) is 49.4 Å². The van der Waals surface area contributed by atoms with Crippen LogP contribution in [-0.2, 0) is 4.79 Å². The third-order valence-corrected chi connectivity index (χ3v) is 3.06. The summed E-state index contributed by atoms with van der Waals surface area (Å²) in [5.41, 5.74) is 6.54. The molecule has 0 aliphatic heterocycles. The van der Waals surface area contributed by atoms with Crippen LogP contribution in [0.25, 0.3) is 0 Å². The number of hydrogen-bond acceptors (Lipinski definition) is 3. The van der Waals surface area contributed by atoms with Crippen LogP contribution >= 0.6 is 11.6 Å². The summed E-state index contributed by atoms with van der Waals surface area (Å²) in [4.78, 5) is 12.0. The summed E-state index contributed by atoms with van der Waals surface area (Å²) in [6, 6.07) is 10.2. The van der Waals surface area contributed by atoms with Crippen LogP contribution < -0.4 is 15.8 Å². The van der Waals surface area contributed by atoms with Crippen molar-refractivity contribution in [3.05, 3.63) is 53.3 Å². The van der Waals surface area contributed by atoms with E-state index in [9.17, 15) is 9.18 Å². The molecule has 0 aromatic heterocycles. The number of ether oxygens (including phenoxy) is 1. The molecule has 0 aliphatic rings. The number of nitrogen functional groups attached to an aromatic ring is 1. The largest absolute Gasteiger partial charge is 0.481 e. The summed E-state index contributed by atoms with van der Waals surface area (Å²) in [5, 5.41) is 2.99. The zero-order valence-corrected chi connectivity index (χ0v) is 12.0. The Kier molecular flexibility index (Phi) is 4.65. The molecule has 1 unspecified atom stereocenters. The maximum Gasteiger partial charge on any atom is 0.265 e. The molecule has 0 saturated heterocycles. The molecule has 2 aromatic rings. The third-order valence-electron chi connectivity index (χ3n) is 2.75. The van der Waals surface area contributed by atoms with Gasteiger partial charge in [0.15, 0.2) is 6.10 Å². The first-order valence-corrected chi connectivity index (χ1v) is 6.61. The van der Waals surface area contributed by atoms with E-state index in [2.05, 4.69) is 5.32 Å². The summed E-state index contributed by atoms with van der Waals surface area (Å²) < 4.78 is 18.2. The van der Waals surface area contributed by atoms with Crippen LogP contribution in [0.4, 0.5) is 15.8 Å². The SMILES string of the molecule is CC(Oc1ccc(F)cc1)C(=O)Nc1ccc(N)cc1Cl. The van der Waals surface area contributed by atoms with Crippen molar-refractivity contribution in [3.8, 4) is 5.75 Å². The molecular weight excluding hydrogens is 295 g/mol. The van der Waals surface area contributed by atoms with Gasteiger partial charge in [0.1, 0.15) is 11.6 Å². The fourth-order valence-corrected chi connectivity index (χ4v) is 1.87. The van der Waals surface area contributed by atoms with Crippen molar-refractivity contribution >= 4 is 28.9 Å². The van der Waals surface area contributed by atoms with Crippen LogP contribution in [0.15, 0.2) is 42.5 Å². The molecule has 110 valence electrons. The van der Waals surface area contributed by atoms with E-state index in [1.54, 1.807) is 25.1 Å². The second-order valence-electron chi connectivity index (χ2n) is 4.44. The number of nitrogens with two attached hydrogens (primary N) is 1. The van der Waals surface area contributed by atoms with Gasteiger partial charge in [0.2, 0.25) is 0 Å². The predicted molar refractivity (Wildman–Crippen MR) is 81.0 cm³/mol. The topological polar surface area (TPSA) is 64.3 Å². The second kappa shape index (κ2) is 6.45. The van der Waals surface area contributed by atoms with Gasteiger partial charge in [-0.15, -0.1) is 0 Å². The van der Waals surface area contributed by atoms with Crippen LogP contribution in [0.5, 0.6) is 5.75 Å². The summed E-state index contributed by atoms with van der Waals surface area (Å²) in [7, 11) is 0.